The topological polar surface area (TPSA) is 77.5 Å². The molecule has 0 aliphatic carbocycles. The molecule has 0 radical (unpaired) electrons. The molecule has 124 valence electrons. The summed E-state index contributed by atoms with van der Waals surface area (Å²) in [4.78, 5) is 14.1. The average Bonchev–Trinajstić information content (AvgIpc) is 2.54. The van der Waals surface area contributed by atoms with Crippen LogP contribution in [0.5, 0.6) is 5.75 Å². The molecule has 3 aliphatic heterocycles. The molecule has 3 aliphatic rings. The highest BCUT2D eigenvalue weighted by Crippen LogP contribution is 2.51. The number of hydrogen-bond donors (Lipinski definition) is 3. The summed E-state index contributed by atoms with van der Waals surface area (Å²) in [6.07, 6.45) is 1.96. The number of nitrogens with one attached hydrogen (secondary N) is 3. The first-order valence-electron chi connectivity index (χ1n) is 7.36. The second kappa shape index (κ2) is 5.26. The van der Waals surface area contributed by atoms with Gasteiger partial charge in [0.1, 0.15) is 22.2 Å². The molecule has 1 fully saturated rings. The van der Waals surface area contributed by atoms with Crippen molar-refractivity contribution in [2.75, 3.05) is 13.6 Å². The molecule has 4 rings (SSSR count). The smallest absolute Gasteiger partial charge is 0.229 e. The van der Waals surface area contributed by atoms with Crippen LogP contribution in [0.3, 0.4) is 0 Å². The number of carbonyl (C=O) groups excluding carboxylic acids is 1. The van der Waals surface area contributed by atoms with Crippen LogP contribution in [0.15, 0.2) is 45.2 Å². The minimum atomic E-state index is -0.825. The van der Waals surface area contributed by atoms with Gasteiger partial charge in [-0.25, -0.2) is 0 Å². The van der Waals surface area contributed by atoms with Gasteiger partial charge in [-0.1, -0.05) is 27.5 Å². The molecule has 1 saturated heterocycles. The molecular weight excluding hydrogens is 396 g/mol. The minimum absolute atomic E-state index is 0.0500. The van der Waals surface area contributed by atoms with E-state index in [9.17, 15) is 4.79 Å². The molecule has 3 heterocycles. The fourth-order valence-corrected chi connectivity index (χ4v) is 4.04. The number of dihydropyridines is 1. The predicted octanol–water partition coefficient (Wildman–Crippen LogP) is 2.36. The fourth-order valence-electron chi connectivity index (χ4n) is 3.51. The van der Waals surface area contributed by atoms with Crippen molar-refractivity contribution >= 4 is 39.4 Å². The highest BCUT2D eigenvalue weighted by atomic mass is 79.9. The summed E-state index contributed by atoms with van der Waals surface area (Å²) in [6.45, 7) is 0.435. The van der Waals surface area contributed by atoms with Crippen molar-refractivity contribution in [3.63, 3.8) is 0 Å². The fraction of sp³-hybridized carbons (Fsp3) is 0.250. The van der Waals surface area contributed by atoms with Crippen molar-refractivity contribution in [3.8, 4) is 5.75 Å². The van der Waals surface area contributed by atoms with E-state index in [1.807, 2.05) is 18.2 Å². The largest absolute Gasteiger partial charge is 0.459 e. The zero-order valence-electron chi connectivity index (χ0n) is 12.7. The summed E-state index contributed by atoms with van der Waals surface area (Å²) in [6, 6.07) is 5.70. The molecular formula is C16H14BrClN4O2. The molecule has 0 saturated carbocycles. The molecule has 0 unspecified atom stereocenters. The number of halogens is 2. The zero-order valence-corrected chi connectivity index (χ0v) is 15.1. The van der Waals surface area contributed by atoms with Gasteiger partial charge in [-0.3, -0.25) is 15.5 Å². The molecule has 0 aromatic heterocycles. The van der Waals surface area contributed by atoms with Crippen LogP contribution in [0, 0.1) is 5.41 Å². The number of ether oxygens (including phenoxy) is 1. The maximum Gasteiger partial charge on any atom is 0.229 e. The Balaban J connectivity index is 2.03. The first-order valence-corrected chi connectivity index (χ1v) is 8.54. The second-order valence-electron chi connectivity index (χ2n) is 5.92. The van der Waals surface area contributed by atoms with Crippen molar-refractivity contribution in [3.05, 3.63) is 50.8 Å². The molecule has 6 nitrogen and oxygen atoms in total. The molecule has 1 aromatic rings. The number of rotatable bonds is 0. The van der Waals surface area contributed by atoms with E-state index in [0.29, 0.717) is 23.2 Å². The Morgan fingerprint density at radius 1 is 1.46 bits per heavy atom. The lowest BCUT2D eigenvalue weighted by Gasteiger charge is -2.50. The van der Waals surface area contributed by atoms with Crippen molar-refractivity contribution < 1.29 is 9.53 Å². The number of nitrogens with zero attached hydrogens (tertiary/aromatic N) is 1. The van der Waals surface area contributed by atoms with Gasteiger partial charge in [-0.2, -0.15) is 0 Å². The van der Waals surface area contributed by atoms with Gasteiger partial charge in [0.25, 0.3) is 0 Å². The van der Waals surface area contributed by atoms with Crippen molar-refractivity contribution in [1.29, 1.82) is 5.41 Å². The third kappa shape index (κ3) is 2.08. The highest BCUT2D eigenvalue weighted by molar-refractivity contribution is 9.10. The van der Waals surface area contributed by atoms with Gasteiger partial charge in [0.15, 0.2) is 5.96 Å². The standard InChI is InChI=1S/C16H14BrClN4O2/c1-22-15(19)21-14(23)6-16(22)9-4-8(17)2-3-11(9)24-12-7-20-13(18)5-10(12)16/h2-5,20H,6-7H2,1H3,(H2,19,21,23)/t16-/m1/s1. The van der Waals surface area contributed by atoms with Gasteiger partial charge < -0.3 is 15.0 Å². The Labute approximate surface area is 152 Å². The quantitative estimate of drug-likeness (QED) is 0.575. The average molecular weight is 410 g/mol. The van der Waals surface area contributed by atoms with Gasteiger partial charge >= 0.3 is 0 Å². The van der Waals surface area contributed by atoms with Crippen LogP contribution in [-0.2, 0) is 10.3 Å². The Morgan fingerprint density at radius 2 is 2.25 bits per heavy atom. The van der Waals surface area contributed by atoms with Crippen LogP contribution in [-0.4, -0.2) is 30.4 Å². The summed E-state index contributed by atoms with van der Waals surface area (Å²) in [7, 11) is 1.80. The van der Waals surface area contributed by atoms with Gasteiger partial charge in [0.05, 0.1) is 13.0 Å². The lowest BCUT2D eigenvalue weighted by Crippen LogP contribution is -2.61. The molecule has 1 atom stereocenters. The third-order valence-electron chi connectivity index (χ3n) is 4.64. The Bertz CT molecular complexity index is 850. The maximum atomic E-state index is 12.3. The molecule has 1 aromatic carbocycles. The monoisotopic (exact) mass is 408 g/mol. The Hall–Kier alpha value is -1.99. The molecule has 0 bridgehead atoms. The summed E-state index contributed by atoms with van der Waals surface area (Å²) < 4.78 is 6.93. The third-order valence-corrected chi connectivity index (χ3v) is 5.37. The molecule has 24 heavy (non-hydrogen) atoms. The van der Waals surface area contributed by atoms with Crippen LogP contribution < -0.4 is 15.4 Å². The van der Waals surface area contributed by atoms with E-state index in [0.717, 1.165) is 15.6 Å². The predicted molar refractivity (Wildman–Crippen MR) is 93.7 cm³/mol. The molecule has 3 N–H and O–H groups in total. The van der Waals surface area contributed by atoms with Gasteiger partial charge in [-0.15, -0.1) is 0 Å². The Kier molecular flexibility index (Phi) is 3.40. The molecule has 1 amide bonds. The van der Waals surface area contributed by atoms with Crippen LogP contribution in [0.25, 0.3) is 0 Å². The second-order valence-corrected chi connectivity index (χ2v) is 7.24. The minimum Gasteiger partial charge on any atom is -0.459 e. The number of benzene rings is 1. The number of likely N-dealkylation sites (N-methyl/N-ethyl adjacent to an activating group) is 1. The zero-order chi connectivity index (χ0) is 17.1. The van der Waals surface area contributed by atoms with Gasteiger partial charge in [-0.05, 0) is 24.3 Å². The first kappa shape index (κ1) is 15.5. The number of guanidine groups is 1. The van der Waals surface area contributed by atoms with E-state index in [-0.39, 0.29) is 18.3 Å². The van der Waals surface area contributed by atoms with E-state index in [2.05, 4.69) is 26.6 Å². The van der Waals surface area contributed by atoms with Gasteiger partial charge in [0, 0.05) is 22.7 Å². The first-order chi connectivity index (χ1) is 11.4. The number of fused-ring (bicyclic) bond motifs is 3. The van der Waals surface area contributed by atoms with Crippen LogP contribution in [0.2, 0.25) is 0 Å². The van der Waals surface area contributed by atoms with E-state index in [4.69, 9.17) is 21.7 Å². The normalized spacial score (nSPS) is 25.5. The summed E-state index contributed by atoms with van der Waals surface area (Å²) >= 11 is 9.69. The van der Waals surface area contributed by atoms with E-state index < -0.39 is 5.54 Å². The summed E-state index contributed by atoms with van der Waals surface area (Å²) in [5, 5.41) is 14.3. The molecule has 1 spiro atoms. The summed E-state index contributed by atoms with van der Waals surface area (Å²) in [5.74, 6) is 1.23. The van der Waals surface area contributed by atoms with Crippen LogP contribution in [0.1, 0.15) is 12.0 Å². The van der Waals surface area contributed by atoms with Crippen LogP contribution in [0.4, 0.5) is 0 Å². The van der Waals surface area contributed by atoms with E-state index >= 15 is 0 Å². The number of hydrogen-bond acceptors (Lipinski definition) is 4. The van der Waals surface area contributed by atoms with Crippen molar-refractivity contribution in [2.24, 2.45) is 0 Å². The molecule has 8 heteroatoms. The van der Waals surface area contributed by atoms with E-state index in [1.165, 1.54) is 0 Å². The lowest BCUT2D eigenvalue weighted by molar-refractivity contribution is -0.123. The maximum absolute atomic E-state index is 12.3. The van der Waals surface area contributed by atoms with E-state index in [1.54, 1.807) is 18.0 Å². The lowest BCUT2D eigenvalue weighted by atomic mass is 9.74. The van der Waals surface area contributed by atoms with Crippen molar-refractivity contribution in [2.45, 2.75) is 12.0 Å². The Morgan fingerprint density at radius 3 is 3.04 bits per heavy atom. The van der Waals surface area contributed by atoms with Crippen molar-refractivity contribution in [1.82, 2.24) is 15.5 Å². The van der Waals surface area contributed by atoms with Gasteiger partial charge in [0.2, 0.25) is 5.91 Å². The number of amides is 1. The number of carbonyl (C=O) groups is 1. The highest BCUT2D eigenvalue weighted by Gasteiger charge is 2.52. The van der Waals surface area contributed by atoms with Crippen LogP contribution >= 0.6 is 27.5 Å². The summed E-state index contributed by atoms with van der Waals surface area (Å²) in [5.41, 5.74) is 0.813. The SMILES string of the molecule is CN1C(=N)NC(=O)C[C@@]12C1=C(CNC(Cl)=C1)Oc1ccc(Br)cc12.